The predicted molar refractivity (Wildman–Crippen MR) is 186 cm³/mol. The van der Waals surface area contributed by atoms with E-state index in [1.165, 1.54) is 28.1 Å². The lowest BCUT2D eigenvalue weighted by molar-refractivity contribution is 0.159. The number of hydrogen-bond acceptors (Lipinski definition) is 7. The number of aromatic nitrogens is 4. The van der Waals surface area contributed by atoms with E-state index >= 15 is 0 Å². The van der Waals surface area contributed by atoms with E-state index in [9.17, 15) is 4.39 Å². The van der Waals surface area contributed by atoms with E-state index in [1.807, 2.05) is 19.0 Å². The van der Waals surface area contributed by atoms with E-state index in [2.05, 4.69) is 59.2 Å². The Labute approximate surface area is 279 Å². The van der Waals surface area contributed by atoms with Gasteiger partial charge >= 0.3 is 0 Å². The number of fused-ring (bicyclic) bond motifs is 5. The first-order valence-corrected chi connectivity index (χ1v) is 17.8. The predicted octanol–water partition coefficient (Wildman–Crippen LogP) is 5.72. The third-order valence-corrected chi connectivity index (χ3v) is 12.7. The molecule has 9 heteroatoms. The molecule has 8 nitrogen and oxygen atoms in total. The Morgan fingerprint density at radius 1 is 1.09 bits per heavy atom. The van der Waals surface area contributed by atoms with Crippen LogP contribution in [0.2, 0.25) is 0 Å². The van der Waals surface area contributed by atoms with Crippen molar-refractivity contribution in [3.63, 3.8) is 0 Å². The van der Waals surface area contributed by atoms with Gasteiger partial charge in [0.1, 0.15) is 23.5 Å². The highest BCUT2D eigenvalue weighted by molar-refractivity contribution is 5.60. The summed E-state index contributed by atoms with van der Waals surface area (Å²) < 4.78 is 16.9. The molecular weight excluding hydrogens is 587 g/mol. The largest absolute Gasteiger partial charge is 0.399 e. The Morgan fingerprint density at radius 3 is 2.77 bits per heavy atom. The summed E-state index contributed by atoms with van der Waals surface area (Å²) in [7, 11) is 4.03. The Balaban J connectivity index is 1.18. The molecule has 2 saturated heterocycles. The minimum Gasteiger partial charge on any atom is -0.399 e. The minimum absolute atomic E-state index is 0.0136. The molecule has 2 aliphatic carbocycles. The quantitative estimate of drug-likeness (QED) is 0.346. The summed E-state index contributed by atoms with van der Waals surface area (Å²) in [5.41, 5.74) is 15.7. The normalized spacial score (nSPS) is 27.8. The smallest absolute Gasteiger partial charge is 0.136 e. The zero-order valence-electron chi connectivity index (χ0n) is 28.8. The highest BCUT2D eigenvalue weighted by Gasteiger charge is 2.54. The Bertz CT molecular complexity index is 1730. The average molecular weight is 639 g/mol. The monoisotopic (exact) mass is 638 g/mol. The summed E-state index contributed by atoms with van der Waals surface area (Å²) in [6.07, 6.45) is 8.83. The molecule has 1 aromatic carbocycles. The number of nitrogen functional groups attached to an aromatic ring is 1. The summed E-state index contributed by atoms with van der Waals surface area (Å²) >= 11 is 0. The number of halogens is 1. The van der Waals surface area contributed by atoms with E-state index in [0.29, 0.717) is 13.0 Å². The van der Waals surface area contributed by atoms with Gasteiger partial charge in [-0.3, -0.25) is 9.58 Å². The van der Waals surface area contributed by atoms with Gasteiger partial charge < -0.3 is 15.5 Å². The first-order valence-electron chi connectivity index (χ1n) is 17.8. The molecule has 3 aromatic rings. The molecular formula is C38H51FN8. The van der Waals surface area contributed by atoms with Crippen LogP contribution in [0.1, 0.15) is 92.0 Å². The molecule has 0 saturated carbocycles. The summed E-state index contributed by atoms with van der Waals surface area (Å²) in [4.78, 5) is 17.8. The van der Waals surface area contributed by atoms with Gasteiger partial charge in [-0.05, 0) is 92.7 Å². The third-order valence-electron chi connectivity index (χ3n) is 12.7. The van der Waals surface area contributed by atoms with Gasteiger partial charge in [-0.2, -0.15) is 5.10 Å². The lowest BCUT2D eigenvalue weighted by Gasteiger charge is -2.46. The number of anilines is 2. The maximum Gasteiger partial charge on any atom is 0.136 e. The number of nitrogens with zero attached hydrogens (tertiary/aromatic N) is 7. The van der Waals surface area contributed by atoms with E-state index in [0.717, 1.165) is 113 Å². The molecule has 8 rings (SSSR count). The molecule has 3 aliphatic heterocycles. The summed E-state index contributed by atoms with van der Waals surface area (Å²) in [5, 5.41) is 4.94. The summed E-state index contributed by atoms with van der Waals surface area (Å²) in [6, 6.07) is 8.76. The van der Waals surface area contributed by atoms with Crippen molar-refractivity contribution in [2.75, 3.05) is 44.4 Å². The van der Waals surface area contributed by atoms with Crippen LogP contribution in [0, 0.1) is 5.41 Å². The fourth-order valence-electron chi connectivity index (χ4n) is 10.0. The number of aryl methyl sites for hydroxylation is 2. The van der Waals surface area contributed by atoms with Gasteiger partial charge in [-0.25, -0.2) is 14.4 Å². The van der Waals surface area contributed by atoms with Crippen LogP contribution in [0.4, 0.5) is 15.9 Å². The number of hydrogen-bond donors (Lipinski definition) is 1. The molecule has 0 radical (unpaired) electrons. The SMILES string of the molecule is C=C(c1cc2n(n1)CCCN(c1nc(CCC34CCCN3CC(F)C4)nc3c1CCC1(C3)c3cc(N)ccc3CC1(C)C)C2)N(C)C. The highest BCUT2D eigenvalue weighted by atomic mass is 19.1. The molecule has 250 valence electrons. The number of alkyl halides is 1. The molecule has 2 aromatic heterocycles. The van der Waals surface area contributed by atoms with Crippen LogP contribution >= 0.6 is 0 Å². The number of rotatable bonds is 6. The lowest BCUT2D eigenvalue weighted by atomic mass is 9.58. The molecule has 2 N–H and O–H groups in total. The van der Waals surface area contributed by atoms with Crippen LogP contribution < -0.4 is 10.6 Å². The van der Waals surface area contributed by atoms with Crippen LogP contribution in [0.25, 0.3) is 5.70 Å². The molecule has 2 fully saturated rings. The second-order valence-electron chi connectivity index (χ2n) is 16.1. The zero-order valence-corrected chi connectivity index (χ0v) is 28.8. The second-order valence-corrected chi connectivity index (χ2v) is 16.1. The van der Waals surface area contributed by atoms with Crippen molar-refractivity contribution in [2.24, 2.45) is 5.41 Å². The van der Waals surface area contributed by atoms with Gasteiger partial charge in [0.25, 0.3) is 0 Å². The first-order chi connectivity index (χ1) is 22.5. The minimum atomic E-state index is -0.720. The van der Waals surface area contributed by atoms with Crippen molar-refractivity contribution in [1.82, 2.24) is 29.5 Å². The maximum atomic E-state index is 14.7. The molecule has 0 amide bonds. The molecule has 0 bridgehead atoms. The van der Waals surface area contributed by atoms with E-state index in [1.54, 1.807) is 0 Å². The highest BCUT2D eigenvalue weighted by Crippen LogP contribution is 2.58. The number of nitrogens with two attached hydrogens (primary N) is 1. The van der Waals surface area contributed by atoms with Crippen LogP contribution in [0.15, 0.2) is 30.8 Å². The summed E-state index contributed by atoms with van der Waals surface area (Å²) in [5.74, 6) is 2.02. The van der Waals surface area contributed by atoms with Crippen molar-refractivity contribution in [3.05, 3.63) is 70.4 Å². The molecule has 5 heterocycles. The Kier molecular flexibility index (Phi) is 7.25. The fraction of sp³-hybridized carbons (Fsp3) is 0.605. The van der Waals surface area contributed by atoms with Crippen molar-refractivity contribution in [2.45, 2.75) is 108 Å². The van der Waals surface area contributed by atoms with E-state index in [-0.39, 0.29) is 16.4 Å². The van der Waals surface area contributed by atoms with Gasteiger partial charge in [0.05, 0.1) is 23.6 Å². The standard InChI is InChI=1S/C38H51FN8/c1-25(44(4)5)32-19-29-24-45(15-7-17-47(29)43-32)35-30-10-14-38(31-18-28(40)9-8-26(31)20-36(38,2)3)22-33(30)41-34(42-35)11-13-37-12-6-16-46(37)23-27(39)21-37/h8-9,18-19,27H,1,6-7,10-17,20-24,40H2,2-5H3. The van der Waals surface area contributed by atoms with Crippen LogP contribution in [0.3, 0.4) is 0 Å². The average Bonchev–Trinajstić information content (AvgIpc) is 3.71. The van der Waals surface area contributed by atoms with Gasteiger partial charge in [0.15, 0.2) is 0 Å². The van der Waals surface area contributed by atoms with Gasteiger partial charge in [0.2, 0.25) is 0 Å². The maximum absolute atomic E-state index is 14.7. The molecule has 47 heavy (non-hydrogen) atoms. The van der Waals surface area contributed by atoms with Gasteiger partial charge in [-0.15, -0.1) is 0 Å². The van der Waals surface area contributed by atoms with Crippen LogP contribution in [-0.2, 0) is 44.2 Å². The first kappa shape index (κ1) is 30.8. The van der Waals surface area contributed by atoms with Crippen molar-refractivity contribution in [3.8, 4) is 0 Å². The van der Waals surface area contributed by atoms with E-state index < -0.39 is 6.17 Å². The van der Waals surface area contributed by atoms with Crippen LogP contribution in [-0.4, -0.2) is 75.0 Å². The molecule has 3 atom stereocenters. The van der Waals surface area contributed by atoms with Gasteiger partial charge in [-0.1, -0.05) is 26.5 Å². The van der Waals surface area contributed by atoms with Crippen molar-refractivity contribution in [1.29, 1.82) is 0 Å². The van der Waals surface area contributed by atoms with Crippen molar-refractivity contribution < 1.29 is 4.39 Å². The van der Waals surface area contributed by atoms with Crippen molar-refractivity contribution >= 4 is 17.2 Å². The van der Waals surface area contributed by atoms with Gasteiger partial charge in [0, 0.05) is 68.8 Å². The summed E-state index contributed by atoms with van der Waals surface area (Å²) in [6.45, 7) is 13.3. The fourth-order valence-corrected chi connectivity index (χ4v) is 10.0. The second kappa shape index (κ2) is 11.0. The Morgan fingerprint density at radius 2 is 1.94 bits per heavy atom. The lowest BCUT2D eigenvalue weighted by Crippen LogP contribution is -2.44. The molecule has 3 unspecified atom stereocenters. The molecule has 1 spiro atoms. The Hall–Kier alpha value is -3.46. The van der Waals surface area contributed by atoms with Crippen LogP contribution in [0.5, 0.6) is 0 Å². The third kappa shape index (κ3) is 4.98. The van der Waals surface area contributed by atoms with E-state index in [4.69, 9.17) is 20.8 Å². The topological polar surface area (TPSA) is 79.3 Å². The molecule has 5 aliphatic rings. The number of benzene rings is 1. The zero-order chi connectivity index (χ0) is 32.7.